The molecule has 0 fully saturated rings. The molecule has 0 bridgehead atoms. The van der Waals surface area contributed by atoms with Crippen molar-refractivity contribution in [3.8, 4) is 0 Å². The zero-order chi connectivity index (χ0) is 16.5. The van der Waals surface area contributed by atoms with E-state index >= 15 is 0 Å². The third-order valence-electron chi connectivity index (χ3n) is 4.79. The second-order valence-corrected chi connectivity index (χ2v) is 7.43. The van der Waals surface area contributed by atoms with Gasteiger partial charge in [0.2, 0.25) is 0 Å². The van der Waals surface area contributed by atoms with E-state index in [1.54, 1.807) is 0 Å². The third kappa shape index (κ3) is 5.36. The second-order valence-electron chi connectivity index (χ2n) is 6.66. The van der Waals surface area contributed by atoms with Gasteiger partial charge in [0.25, 0.3) is 0 Å². The van der Waals surface area contributed by atoms with Crippen LogP contribution in [0.2, 0.25) is 0 Å². The molecule has 2 rings (SSSR count). The van der Waals surface area contributed by atoms with Crippen molar-refractivity contribution in [2.24, 2.45) is 7.05 Å². The second kappa shape index (κ2) is 10.2. The van der Waals surface area contributed by atoms with Crippen LogP contribution in [-0.2, 0) is 13.6 Å². The third-order valence-corrected chi connectivity index (χ3v) is 5.82. The van der Waals surface area contributed by atoms with Gasteiger partial charge in [0.15, 0.2) is 0 Å². The average molecular weight is 379 g/mol. The van der Waals surface area contributed by atoms with Crippen LogP contribution < -0.4 is 0 Å². The van der Waals surface area contributed by atoms with Crippen molar-refractivity contribution in [3.63, 3.8) is 0 Å². The number of fused-ring (bicyclic) bond motifs is 1. The number of nitrogens with zero attached hydrogens (tertiary/aromatic N) is 2. The number of para-hydroxylation sites is 2. The molecule has 0 atom stereocenters. The van der Waals surface area contributed by atoms with Crippen LogP contribution in [0.4, 0.5) is 0 Å². The van der Waals surface area contributed by atoms with Crippen molar-refractivity contribution in [2.75, 3.05) is 0 Å². The van der Waals surface area contributed by atoms with Crippen LogP contribution in [0.25, 0.3) is 11.0 Å². The molecule has 0 saturated carbocycles. The van der Waals surface area contributed by atoms with Crippen molar-refractivity contribution in [1.82, 2.24) is 9.13 Å². The summed E-state index contributed by atoms with van der Waals surface area (Å²) in [6, 6.07) is 8.68. The van der Waals surface area contributed by atoms with Crippen LogP contribution in [0, 0.1) is 4.32 Å². The summed E-state index contributed by atoms with van der Waals surface area (Å²) in [5, 5.41) is 0. The van der Waals surface area contributed by atoms with Gasteiger partial charge in [-0.2, -0.15) is 0 Å². The van der Waals surface area contributed by atoms with Crippen LogP contribution in [0.3, 0.4) is 0 Å². The Labute approximate surface area is 149 Å². The number of benzene rings is 1. The molecular formula is C20H32N2Se. The first-order valence-corrected chi connectivity index (χ1v) is 10.3. The molecule has 0 spiro atoms. The number of hydrogen-bond acceptors (Lipinski definition) is 0. The van der Waals surface area contributed by atoms with Crippen molar-refractivity contribution in [1.29, 1.82) is 0 Å². The standard InChI is InChI=1S/C20H32N2Se/c1-3-4-5-6-7-8-9-10-11-14-17-22-19-16-13-12-15-18(19)21(2)20(22)23/h12-13,15-16H,3-11,14,17H2,1-2H3. The van der Waals surface area contributed by atoms with Gasteiger partial charge in [0.1, 0.15) is 0 Å². The van der Waals surface area contributed by atoms with Crippen molar-refractivity contribution in [3.05, 3.63) is 28.6 Å². The van der Waals surface area contributed by atoms with E-state index in [0.29, 0.717) is 0 Å². The van der Waals surface area contributed by atoms with E-state index in [1.807, 2.05) is 0 Å². The molecule has 0 radical (unpaired) electrons. The van der Waals surface area contributed by atoms with E-state index in [0.717, 1.165) is 6.54 Å². The quantitative estimate of drug-likeness (QED) is 0.355. The minimum atomic E-state index is 1.13. The average Bonchev–Trinajstić information content (AvgIpc) is 2.81. The molecule has 0 aliphatic rings. The Balaban J connectivity index is 1.67. The summed E-state index contributed by atoms with van der Waals surface area (Å²) in [6.45, 7) is 3.41. The van der Waals surface area contributed by atoms with Crippen molar-refractivity contribution >= 4 is 26.6 Å². The van der Waals surface area contributed by atoms with E-state index < -0.39 is 0 Å². The molecule has 23 heavy (non-hydrogen) atoms. The molecule has 0 aliphatic carbocycles. The van der Waals surface area contributed by atoms with Crippen LogP contribution in [0.1, 0.15) is 71.1 Å². The van der Waals surface area contributed by atoms with E-state index in [4.69, 9.17) is 0 Å². The number of hydrogen-bond donors (Lipinski definition) is 0. The summed E-state index contributed by atoms with van der Waals surface area (Å²) in [4.78, 5) is 0. The molecule has 0 aliphatic heterocycles. The molecule has 1 aromatic carbocycles. The van der Waals surface area contributed by atoms with E-state index in [-0.39, 0.29) is 0 Å². The van der Waals surface area contributed by atoms with Gasteiger partial charge in [-0.25, -0.2) is 0 Å². The number of unbranched alkanes of at least 4 members (excludes halogenated alkanes) is 9. The number of imidazole rings is 1. The fourth-order valence-electron chi connectivity index (χ4n) is 3.34. The van der Waals surface area contributed by atoms with Crippen molar-refractivity contribution in [2.45, 2.75) is 77.7 Å². The first kappa shape index (κ1) is 18.5. The zero-order valence-corrected chi connectivity index (χ0v) is 16.6. The van der Waals surface area contributed by atoms with Gasteiger partial charge in [-0.05, 0) is 0 Å². The first-order valence-electron chi connectivity index (χ1n) is 9.40. The molecule has 1 heterocycles. The minimum absolute atomic E-state index is 1.13. The molecule has 0 saturated heterocycles. The number of rotatable bonds is 11. The molecule has 2 aromatic rings. The Morgan fingerprint density at radius 2 is 1.30 bits per heavy atom. The normalized spacial score (nSPS) is 11.4. The van der Waals surface area contributed by atoms with E-state index in [9.17, 15) is 0 Å². The first-order chi connectivity index (χ1) is 11.3. The summed E-state index contributed by atoms with van der Waals surface area (Å²) in [6.07, 6.45) is 13.9. The van der Waals surface area contributed by atoms with Gasteiger partial charge in [0.05, 0.1) is 0 Å². The predicted molar refractivity (Wildman–Crippen MR) is 102 cm³/mol. The maximum absolute atomic E-state index is 3.24. The molecule has 2 nitrogen and oxygen atoms in total. The van der Waals surface area contributed by atoms with Crippen molar-refractivity contribution < 1.29 is 0 Å². The zero-order valence-electron chi connectivity index (χ0n) is 14.9. The molecule has 0 N–H and O–H groups in total. The molecule has 1 aromatic heterocycles. The molecule has 3 heteroatoms. The fourth-order valence-corrected chi connectivity index (χ4v) is 3.94. The fraction of sp³-hybridized carbons (Fsp3) is 0.650. The van der Waals surface area contributed by atoms with Gasteiger partial charge in [0, 0.05) is 0 Å². The molecule has 128 valence electrons. The number of aromatic nitrogens is 2. The van der Waals surface area contributed by atoms with Crippen LogP contribution in [0.15, 0.2) is 24.3 Å². The Hall–Kier alpha value is -0.791. The van der Waals surface area contributed by atoms with Crippen LogP contribution in [-0.4, -0.2) is 24.7 Å². The summed E-state index contributed by atoms with van der Waals surface area (Å²) in [5.41, 5.74) is 2.66. The number of aryl methyl sites for hydroxylation is 2. The Morgan fingerprint density at radius 3 is 1.91 bits per heavy atom. The van der Waals surface area contributed by atoms with E-state index in [2.05, 4.69) is 62.9 Å². The van der Waals surface area contributed by atoms with Gasteiger partial charge < -0.3 is 0 Å². The summed E-state index contributed by atoms with van der Waals surface area (Å²) in [5.74, 6) is 0. The topological polar surface area (TPSA) is 9.86 Å². The van der Waals surface area contributed by atoms with Gasteiger partial charge in [-0.3, -0.25) is 0 Å². The molecule has 0 unspecified atom stereocenters. The maximum atomic E-state index is 3.24. The van der Waals surface area contributed by atoms with Crippen LogP contribution in [0.5, 0.6) is 0 Å². The summed E-state index contributed by atoms with van der Waals surface area (Å²) >= 11 is 3.24. The Bertz CT molecular complexity index is 639. The SMILES string of the molecule is CCCCCCCCCCCCn1c(=[Se])n(C)c2ccccc21. The van der Waals surface area contributed by atoms with E-state index in [1.165, 1.54) is 79.6 Å². The molecule has 0 amide bonds. The summed E-state index contributed by atoms with van der Waals surface area (Å²) in [7, 11) is 2.14. The Morgan fingerprint density at radius 1 is 0.783 bits per heavy atom. The van der Waals surface area contributed by atoms with Gasteiger partial charge in [-0.1, -0.05) is 13.3 Å². The summed E-state index contributed by atoms with van der Waals surface area (Å²) < 4.78 is 5.92. The van der Waals surface area contributed by atoms with Gasteiger partial charge in [-0.15, -0.1) is 0 Å². The molecular weight excluding hydrogens is 347 g/mol. The predicted octanol–water partition coefficient (Wildman–Crippen LogP) is 5.60. The Kier molecular flexibility index (Phi) is 8.19. The van der Waals surface area contributed by atoms with Crippen LogP contribution >= 0.6 is 0 Å². The van der Waals surface area contributed by atoms with Gasteiger partial charge >= 0.3 is 136 Å². The monoisotopic (exact) mass is 380 g/mol.